The van der Waals surface area contributed by atoms with Crippen molar-refractivity contribution in [3.8, 4) is 0 Å². The zero-order valence-electron chi connectivity index (χ0n) is 15.9. The Balaban J connectivity index is 1.64. The van der Waals surface area contributed by atoms with Crippen molar-refractivity contribution in [2.75, 3.05) is 5.32 Å². The smallest absolute Gasteiger partial charge is 0.237 e. The zero-order chi connectivity index (χ0) is 19.4. The molecule has 5 nitrogen and oxygen atoms in total. The van der Waals surface area contributed by atoms with Gasteiger partial charge in [-0.3, -0.25) is 9.89 Å². The van der Waals surface area contributed by atoms with Gasteiger partial charge in [0.25, 0.3) is 0 Å². The Morgan fingerprint density at radius 3 is 2.78 bits per heavy atom. The molecule has 2 N–H and O–H groups in total. The first-order valence-corrected chi connectivity index (χ1v) is 10.7. The number of hydrogen-bond acceptors (Lipinski definition) is 5. The van der Waals surface area contributed by atoms with Crippen LogP contribution in [0.2, 0.25) is 0 Å². The molecule has 27 heavy (non-hydrogen) atoms. The average molecular weight is 401 g/mol. The van der Waals surface area contributed by atoms with Gasteiger partial charge in [-0.2, -0.15) is 0 Å². The minimum atomic E-state index is -0.296. The summed E-state index contributed by atoms with van der Waals surface area (Å²) in [5, 5.41) is 12.7. The molecule has 1 unspecified atom stereocenters. The summed E-state index contributed by atoms with van der Waals surface area (Å²) in [7, 11) is 0. The molecule has 2 aromatic heterocycles. The molecule has 1 aromatic carbocycles. The summed E-state index contributed by atoms with van der Waals surface area (Å²) in [6.45, 7) is 8.16. The lowest BCUT2D eigenvalue weighted by Crippen LogP contribution is -2.24. The number of nitrogens with zero attached hydrogens (tertiary/aromatic N) is 2. The van der Waals surface area contributed by atoms with Crippen molar-refractivity contribution in [2.24, 2.45) is 0 Å². The second kappa shape index (κ2) is 8.71. The number of rotatable bonds is 7. The number of anilines is 1. The molecule has 7 heteroatoms. The van der Waals surface area contributed by atoms with Crippen molar-refractivity contribution in [2.45, 2.75) is 50.4 Å². The van der Waals surface area contributed by atoms with Crippen LogP contribution in [0.25, 0.3) is 0 Å². The van der Waals surface area contributed by atoms with Crippen LogP contribution in [0.4, 0.5) is 5.69 Å². The normalized spacial score (nSPS) is 12.3. The lowest BCUT2D eigenvalue weighted by molar-refractivity contribution is -0.115. The number of carbonyl (C=O) groups excluding carboxylic acids is 1. The van der Waals surface area contributed by atoms with E-state index >= 15 is 0 Å². The maximum atomic E-state index is 12.7. The van der Waals surface area contributed by atoms with E-state index in [1.165, 1.54) is 16.6 Å². The minimum absolute atomic E-state index is 0.0409. The Labute approximate surface area is 168 Å². The van der Waals surface area contributed by atoms with Gasteiger partial charge in [-0.1, -0.05) is 49.9 Å². The highest BCUT2D eigenvalue weighted by molar-refractivity contribution is 8.00. The molecule has 0 aliphatic carbocycles. The number of thioether (sulfide) groups is 1. The Morgan fingerprint density at radius 2 is 2.07 bits per heavy atom. The molecule has 0 bridgehead atoms. The summed E-state index contributed by atoms with van der Waals surface area (Å²) < 4.78 is 0. The van der Waals surface area contributed by atoms with E-state index in [1.54, 1.807) is 11.3 Å². The highest BCUT2D eigenvalue weighted by atomic mass is 32.2. The minimum Gasteiger partial charge on any atom is -0.325 e. The average Bonchev–Trinajstić information content (AvgIpc) is 3.29. The molecular formula is C20H24N4OS2. The molecule has 0 saturated heterocycles. The Kier molecular flexibility index (Phi) is 6.34. The molecule has 0 aliphatic heterocycles. The molecule has 3 rings (SSSR count). The number of para-hydroxylation sites is 1. The van der Waals surface area contributed by atoms with Crippen LogP contribution in [0, 0.1) is 6.92 Å². The Hall–Kier alpha value is -2.12. The molecule has 0 aliphatic rings. The van der Waals surface area contributed by atoms with Crippen LogP contribution in [0.1, 0.15) is 48.5 Å². The van der Waals surface area contributed by atoms with Gasteiger partial charge in [0.05, 0.1) is 5.25 Å². The van der Waals surface area contributed by atoms with Crippen LogP contribution in [0.15, 0.2) is 40.9 Å². The summed E-state index contributed by atoms with van der Waals surface area (Å²) in [6, 6.07) is 10.2. The molecule has 0 spiro atoms. The third-order valence-electron chi connectivity index (χ3n) is 4.26. The number of H-pyrrole nitrogens is 1. The molecule has 142 valence electrons. The number of aromatic nitrogens is 3. The maximum Gasteiger partial charge on any atom is 0.237 e. The van der Waals surface area contributed by atoms with Crippen molar-refractivity contribution in [3.63, 3.8) is 0 Å². The van der Waals surface area contributed by atoms with Crippen molar-refractivity contribution in [3.05, 3.63) is 57.5 Å². The first kappa shape index (κ1) is 19.6. The molecule has 2 heterocycles. The van der Waals surface area contributed by atoms with E-state index < -0.39 is 0 Å². The third kappa shape index (κ3) is 4.99. The second-order valence-corrected chi connectivity index (χ2v) is 9.10. The largest absolute Gasteiger partial charge is 0.325 e. The first-order chi connectivity index (χ1) is 12.9. The molecule has 1 amide bonds. The van der Waals surface area contributed by atoms with E-state index in [9.17, 15) is 4.79 Å². The van der Waals surface area contributed by atoms with E-state index in [-0.39, 0.29) is 11.2 Å². The van der Waals surface area contributed by atoms with E-state index in [2.05, 4.69) is 46.5 Å². The number of hydrogen-bond donors (Lipinski definition) is 2. The van der Waals surface area contributed by atoms with Crippen molar-refractivity contribution in [1.29, 1.82) is 0 Å². The van der Waals surface area contributed by atoms with Gasteiger partial charge in [0.15, 0.2) is 0 Å². The SMILES string of the molecule is Cc1cccc(C(C)C)c1NC(=O)C(C)Sc1n[nH]c(Cc2cccs2)n1. The maximum absolute atomic E-state index is 12.7. The van der Waals surface area contributed by atoms with Gasteiger partial charge in [-0.15, -0.1) is 16.4 Å². The monoisotopic (exact) mass is 400 g/mol. The van der Waals surface area contributed by atoms with Gasteiger partial charge < -0.3 is 5.32 Å². The molecule has 0 fully saturated rings. The van der Waals surface area contributed by atoms with E-state index in [1.807, 2.05) is 37.4 Å². The summed E-state index contributed by atoms with van der Waals surface area (Å²) in [5.74, 6) is 1.12. The van der Waals surface area contributed by atoms with E-state index in [0.717, 1.165) is 29.1 Å². The molecule has 0 saturated carbocycles. The fraction of sp³-hybridized carbons (Fsp3) is 0.350. The number of carbonyl (C=O) groups is 1. The molecule has 0 radical (unpaired) electrons. The van der Waals surface area contributed by atoms with Crippen molar-refractivity contribution >= 4 is 34.7 Å². The van der Waals surface area contributed by atoms with E-state index in [0.29, 0.717) is 11.1 Å². The number of nitrogens with one attached hydrogen (secondary N) is 2. The van der Waals surface area contributed by atoms with Crippen LogP contribution in [0.3, 0.4) is 0 Å². The summed E-state index contributed by atoms with van der Waals surface area (Å²) in [5.41, 5.74) is 3.14. The number of aryl methyl sites for hydroxylation is 1. The number of amides is 1. The lowest BCUT2D eigenvalue weighted by Gasteiger charge is -2.18. The van der Waals surface area contributed by atoms with Gasteiger partial charge in [-0.25, -0.2) is 4.98 Å². The van der Waals surface area contributed by atoms with Crippen LogP contribution < -0.4 is 5.32 Å². The summed E-state index contributed by atoms with van der Waals surface area (Å²) in [6.07, 6.45) is 0.729. The van der Waals surface area contributed by atoms with Crippen LogP contribution in [-0.4, -0.2) is 26.3 Å². The Bertz CT molecular complexity index is 903. The van der Waals surface area contributed by atoms with Crippen LogP contribution in [-0.2, 0) is 11.2 Å². The van der Waals surface area contributed by atoms with E-state index in [4.69, 9.17) is 0 Å². The van der Waals surface area contributed by atoms with Crippen LogP contribution >= 0.6 is 23.1 Å². The van der Waals surface area contributed by atoms with Crippen molar-refractivity contribution < 1.29 is 4.79 Å². The fourth-order valence-electron chi connectivity index (χ4n) is 2.77. The van der Waals surface area contributed by atoms with Gasteiger partial charge in [0, 0.05) is 17.0 Å². The number of benzene rings is 1. The summed E-state index contributed by atoms with van der Waals surface area (Å²) in [4.78, 5) is 18.4. The topological polar surface area (TPSA) is 70.7 Å². The first-order valence-electron chi connectivity index (χ1n) is 8.94. The molecular weight excluding hydrogens is 376 g/mol. The quantitative estimate of drug-likeness (QED) is 0.547. The highest BCUT2D eigenvalue weighted by Gasteiger charge is 2.20. The van der Waals surface area contributed by atoms with Gasteiger partial charge in [-0.05, 0) is 42.3 Å². The van der Waals surface area contributed by atoms with Crippen molar-refractivity contribution in [1.82, 2.24) is 15.2 Å². The molecule has 1 atom stereocenters. The Morgan fingerprint density at radius 1 is 1.26 bits per heavy atom. The predicted molar refractivity (Wildman–Crippen MR) is 113 cm³/mol. The fourth-order valence-corrected chi connectivity index (χ4v) is 4.22. The second-order valence-electron chi connectivity index (χ2n) is 6.76. The third-order valence-corrected chi connectivity index (χ3v) is 6.10. The summed E-state index contributed by atoms with van der Waals surface area (Å²) >= 11 is 3.06. The van der Waals surface area contributed by atoms with Gasteiger partial charge in [0.2, 0.25) is 11.1 Å². The van der Waals surface area contributed by atoms with Gasteiger partial charge >= 0.3 is 0 Å². The lowest BCUT2D eigenvalue weighted by atomic mass is 9.98. The standard InChI is InChI=1S/C20H24N4OS2/c1-12(2)16-9-5-7-13(3)18(16)22-19(25)14(4)27-20-21-17(23-24-20)11-15-8-6-10-26-15/h5-10,12,14H,11H2,1-4H3,(H,22,25)(H,21,23,24). The van der Waals surface area contributed by atoms with Gasteiger partial charge in [0.1, 0.15) is 5.82 Å². The number of thiophene rings is 1. The van der Waals surface area contributed by atoms with Crippen LogP contribution in [0.5, 0.6) is 0 Å². The zero-order valence-corrected chi connectivity index (χ0v) is 17.6. The highest BCUT2D eigenvalue weighted by Crippen LogP contribution is 2.29. The molecule has 3 aromatic rings. The predicted octanol–water partition coefficient (Wildman–Crippen LogP) is 5.01. The number of aromatic amines is 1.